The molecule has 10 heteroatoms. The van der Waals surface area contributed by atoms with Gasteiger partial charge in [0.1, 0.15) is 11.5 Å². The number of anilines is 2. The molecule has 5 rings (SSSR count). The summed E-state index contributed by atoms with van der Waals surface area (Å²) in [4.78, 5) is 38.8. The van der Waals surface area contributed by atoms with E-state index in [1.165, 1.54) is 25.3 Å². The number of carbonyl (C=O) groups is 2. The Morgan fingerprint density at radius 1 is 1.42 bits per heavy atom. The maximum absolute atomic E-state index is 13.9. The third-order valence-electron chi connectivity index (χ3n) is 7.47. The van der Waals surface area contributed by atoms with Gasteiger partial charge in [0.05, 0.1) is 36.8 Å². The third kappa shape index (κ3) is 3.85. The van der Waals surface area contributed by atoms with Crippen LogP contribution in [0.15, 0.2) is 30.9 Å². The van der Waals surface area contributed by atoms with Gasteiger partial charge < -0.3 is 19.9 Å². The number of carbonyl (C=O) groups excluding carboxylic acids is 2. The standard InChI is InChI=1S/C26H27FN6O3/c1-3-21(34)33-12-11-32(15-18(33)8-10-28)23-22-20(29-25(31-23)36-2)14-26(24(35)30-22)9-4-5-16-13-17(27)6-7-19(16)26/h3,6-7,13,18H,1,4-5,8-9,11-12,14-15H2,2H3,(H,30,35). The molecule has 1 aromatic heterocycles. The number of nitriles is 1. The lowest BCUT2D eigenvalue weighted by Crippen LogP contribution is -2.55. The summed E-state index contributed by atoms with van der Waals surface area (Å²) < 4.78 is 19.3. The van der Waals surface area contributed by atoms with Crippen LogP contribution in [0.3, 0.4) is 0 Å². The zero-order valence-corrected chi connectivity index (χ0v) is 20.1. The first-order chi connectivity index (χ1) is 17.4. The van der Waals surface area contributed by atoms with Crippen LogP contribution in [0, 0.1) is 17.1 Å². The van der Waals surface area contributed by atoms with E-state index in [1.807, 2.05) is 4.90 Å². The quantitative estimate of drug-likeness (QED) is 0.656. The van der Waals surface area contributed by atoms with Crippen molar-refractivity contribution in [3.63, 3.8) is 0 Å². The average molecular weight is 491 g/mol. The first-order valence-corrected chi connectivity index (χ1v) is 12.0. The summed E-state index contributed by atoms with van der Waals surface area (Å²) in [6.45, 7) is 4.77. The number of benzene rings is 1. The maximum atomic E-state index is 13.9. The summed E-state index contributed by atoms with van der Waals surface area (Å²) >= 11 is 0. The van der Waals surface area contributed by atoms with E-state index < -0.39 is 5.41 Å². The fourth-order valence-corrected chi connectivity index (χ4v) is 5.75. The average Bonchev–Trinajstić information content (AvgIpc) is 2.88. The van der Waals surface area contributed by atoms with Gasteiger partial charge in [0, 0.05) is 26.1 Å². The Balaban J connectivity index is 1.54. The number of hydrogen-bond acceptors (Lipinski definition) is 7. The summed E-state index contributed by atoms with van der Waals surface area (Å²) in [5, 5.41) is 12.4. The SMILES string of the molecule is C=CC(=O)N1CCN(c2nc(OC)nc3c2NC(=O)C2(CCCc4cc(F)ccc42)C3)CC1CC#N. The van der Waals surface area contributed by atoms with Gasteiger partial charge in [-0.3, -0.25) is 9.59 Å². The number of hydrogen-bond donors (Lipinski definition) is 1. The van der Waals surface area contributed by atoms with Gasteiger partial charge in [0.2, 0.25) is 11.8 Å². The summed E-state index contributed by atoms with van der Waals surface area (Å²) in [6, 6.07) is 6.62. The normalized spacial score (nSPS) is 22.8. The number of aromatic nitrogens is 2. The molecule has 1 aromatic carbocycles. The van der Waals surface area contributed by atoms with Gasteiger partial charge in [-0.1, -0.05) is 12.6 Å². The molecule has 0 radical (unpaired) electrons. The molecule has 9 nitrogen and oxygen atoms in total. The van der Waals surface area contributed by atoms with Crippen LogP contribution in [0.2, 0.25) is 0 Å². The monoisotopic (exact) mass is 490 g/mol. The number of methoxy groups -OCH3 is 1. The topological polar surface area (TPSA) is 111 Å². The van der Waals surface area contributed by atoms with Crippen LogP contribution in [0.4, 0.5) is 15.9 Å². The van der Waals surface area contributed by atoms with Crippen LogP contribution < -0.4 is 15.0 Å². The lowest BCUT2D eigenvalue weighted by atomic mass is 9.65. The molecule has 0 bridgehead atoms. The van der Waals surface area contributed by atoms with Crippen molar-refractivity contribution in [2.24, 2.45) is 0 Å². The fourth-order valence-electron chi connectivity index (χ4n) is 5.75. The van der Waals surface area contributed by atoms with Crippen molar-refractivity contribution in [2.75, 3.05) is 37.0 Å². The third-order valence-corrected chi connectivity index (χ3v) is 7.47. The minimum Gasteiger partial charge on any atom is -0.467 e. The van der Waals surface area contributed by atoms with Crippen molar-refractivity contribution in [3.8, 4) is 12.1 Å². The highest BCUT2D eigenvalue weighted by molar-refractivity contribution is 6.04. The molecule has 2 aliphatic heterocycles. The van der Waals surface area contributed by atoms with E-state index in [-0.39, 0.29) is 36.1 Å². The first kappa shape index (κ1) is 23.7. The van der Waals surface area contributed by atoms with Crippen molar-refractivity contribution in [1.82, 2.24) is 14.9 Å². The largest absolute Gasteiger partial charge is 0.467 e. The smallest absolute Gasteiger partial charge is 0.318 e. The van der Waals surface area contributed by atoms with Gasteiger partial charge in [-0.05, 0) is 48.6 Å². The molecular weight excluding hydrogens is 463 g/mol. The summed E-state index contributed by atoms with van der Waals surface area (Å²) in [6.07, 6.45) is 3.87. The zero-order valence-electron chi connectivity index (χ0n) is 20.1. The summed E-state index contributed by atoms with van der Waals surface area (Å²) in [5.41, 5.74) is 2.00. The predicted octanol–water partition coefficient (Wildman–Crippen LogP) is 2.51. The molecule has 2 amide bonds. The number of nitrogens with one attached hydrogen (secondary N) is 1. The highest BCUT2D eigenvalue weighted by Gasteiger charge is 2.48. The fraction of sp³-hybridized carbons (Fsp3) is 0.423. The molecule has 2 atom stereocenters. The Morgan fingerprint density at radius 2 is 2.25 bits per heavy atom. The Morgan fingerprint density at radius 3 is 3.00 bits per heavy atom. The van der Waals surface area contributed by atoms with E-state index in [9.17, 15) is 19.2 Å². The second-order valence-electron chi connectivity index (χ2n) is 9.42. The molecule has 2 unspecified atom stereocenters. The van der Waals surface area contributed by atoms with E-state index in [2.05, 4.69) is 27.9 Å². The molecule has 2 aromatic rings. The van der Waals surface area contributed by atoms with Crippen molar-refractivity contribution < 1.29 is 18.7 Å². The minimum absolute atomic E-state index is 0.156. The van der Waals surface area contributed by atoms with E-state index in [0.29, 0.717) is 49.7 Å². The van der Waals surface area contributed by atoms with E-state index in [4.69, 9.17) is 4.74 Å². The molecule has 1 spiro atoms. The summed E-state index contributed by atoms with van der Waals surface area (Å²) in [7, 11) is 1.49. The van der Waals surface area contributed by atoms with Crippen LogP contribution in [0.1, 0.15) is 36.1 Å². The van der Waals surface area contributed by atoms with Crippen molar-refractivity contribution in [2.45, 2.75) is 43.6 Å². The summed E-state index contributed by atoms with van der Waals surface area (Å²) in [5.74, 6) is -0.190. The van der Waals surface area contributed by atoms with Crippen molar-refractivity contribution in [3.05, 3.63) is 53.5 Å². The number of nitrogens with zero attached hydrogens (tertiary/aromatic N) is 5. The number of ether oxygens (including phenoxy) is 1. The lowest BCUT2D eigenvalue weighted by Gasteiger charge is -2.44. The zero-order chi connectivity index (χ0) is 25.4. The predicted molar refractivity (Wildman–Crippen MR) is 130 cm³/mol. The molecule has 1 N–H and O–H groups in total. The van der Waals surface area contributed by atoms with Gasteiger partial charge >= 0.3 is 6.01 Å². The van der Waals surface area contributed by atoms with E-state index in [1.54, 1.807) is 11.0 Å². The van der Waals surface area contributed by atoms with Crippen LogP contribution in [0.5, 0.6) is 6.01 Å². The molecule has 3 aliphatic rings. The van der Waals surface area contributed by atoms with Gasteiger partial charge in [-0.2, -0.15) is 15.2 Å². The molecule has 36 heavy (non-hydrogen) atoms. The van der Waals surface area contributed by atoms with Crippen molar-refractivity contribution >= 4 is 23.3 Å². The second-order valence-corrected chi connectivity index (χ2v) is 9.42. The molecular formula is C26H27FN6O3. The van der Waals surface area contributed by atoms with Crippen LogP contribution in [-0.2, 0) is 27.8 Å². The Kier molecular flexibility index (Phi) is 6.08. The number of piperazine rings is 1. The minimum atomic E-state index is -0.844. The number of halogens is 1. The lowest BCUT2D eigenvalue weighted by molar-refractivity contribution is -0.128. The Labute approximate surface area is 208 Å². The van der Waals surface area contributed by atoms with Gasteiger partial charge in [-0.25, -0.2) is 4.39 Å². The number of fused-ring (bicyclic) bond motifs is 3. The Bertz CT molecular complexity index is 1290. The number of aryl methyl sites for hydroxylation is 1. The molecule has 1 aliphatic carbocycles. The van der Waals surface area contributed by atoms with E-state index >= 15 is 0 Å². The maximum Gasteiger partial charge on any atom is 0.318 e. The van der Waals surface area contributed by atoms with Gasteiger partial charge in [0.15, 0.2) is 5.82 Å². The highest BCUT2D eigenvalue weighted by atomic mass is 19.1. The molecule has 1 fully saturated rings. The Hall–Kier alpha value is -4.00. The molecule has 3 heterocycles. The molecule has 1 saturated heterocycles. The van der Waals surface area contributed by atoms with Crippen LogP contribution >= 0.6 is 0 Å². The van der Waals surface area contributed by atoms with E-state index in [0.717, 1.165) is 24.0 Å². The molecule has 186 valence electrons. The van der Waals surface area contributed by atoms with Crippen molar-refractivity contribution in [1.29, 1.82) is 5.26 Å². The van der Waals surface area contributed by atoms with Gasteiger partial charge in [0.25, 0.3) is 0 Å². The van der Waals surface area contributed by atoms with Crippen LogP contribution in [-0.4, -0.2) is 59.5 Å². The van der Waals surface area contributed by atoms with Gasteiger partial charge in [-0.15, -0.1) is 0 Å². The highest BCUT2D eigenvalue weighted by Crippen LogP contribution is 2.46. The molecule has 0 saturated carbocycles. The number of rotatable bonds is 4. The van der Waals surface area contributed by atoms with Crippen LogP contribution in [0.25, 0.3) is 0 Å². The first-order valence-electron chi connectivity index (χ1n) is 12.0. The number of amides is 2. The second kappa shape index (κ2) is 9.22.